The fourth-order valence-corrected chi connectivity index (χ4v) is 1.80. The van der Waals surface area contributed by atoms with Gasteiger partial charge in [-0.05, 0) is 18.8 Å². The largest absolute Gasteiger partial charge is 0.326 e. The van der Waals surface area contributed by atoms with Gasteiger partial charge in [0.05, 0.1) is 0 Å². The highest BCUT2D eigenvalue weighted by Gasteiger charge is 2.33. The molecule has 1 saturated carbocycles. The molecule has 4 nitrogen and oxygen atoms in total. The number of amides is 2. The number of rotatable bonds is 3. The molecule has 2 amide bonds. The number of nitrogens with two attached hydrogens (primary N) is 1. The van der Waals surface area contributed by atoms with Crippen molar-refractivity contribution in [1.82, 2.24) is 9.80 Å². The van der Waals surface area contributed by atoms with Crippen LogP contribution in [0, 0.1) is 5.92 Å². The van der Waals surface area contributed by atoms with Crippen molar-refractivity contribution in [3.8, 4) is 0 Å². The standard InChI is InChI=1S/C9H17N3O/c1-11-4-5-12(9(11)13)6-8(10)7-2-3-7/h7-8H,2-6,10H2,1H3. The molecule has 2 rings (SSSR count). The summed E-state index contributed by atoms with van der Waals surface area (Å²) in [6.07, 6.45) is 2.50. The van der Waals surface area contributed by atoms with E-state index in [-0.39, 0.29) is 12.1 Å². The van der Waals surface area contributed by atoms with Gasteiger partial charge < -0.3 is 15.5 Å². The Kier molecular flexibility index (Phi) is 2.15. The number of likely N-dealkylation sites (N-methyl/N-ethyl adjacent to an activating group) is 1. The fraction of sp³-hybridized carbons (Fsp3) is 0.889. The smallest absolute Gasteiger partial charge is 0.319 e. The second kappa shape index (κ2) is 3.18. The average Bonchev–Trinajstić information content (AvgIpc) is 2.89. The summed E-state index contributed by atoms with van der Waals surface area (Å²) >= 11 is 0. The summed E-state index contributed by atoms with van der Waals surface area (Å²) in [5.74, 6) is 0.679. The highest BCUT2D eigenvalue weighted by Crippen LogP contribution is 2.32. The van der Waals surface area contributed by atoms with Crippen molar-refractivity contribution in [3.05, 3.63) is 0 Å². The maximum atomic E-state index is 11.5. The van der Waals surface area contributed by atoms with Crippen LogP contribution in [0.3, 0.4) is 0 Å². The van der Waals surface area contributed by atoms with E-state index in [2.05, 4.69) is 0 Å². The molecule has 4 heteroatoms. The Morgan fingerprint density at radius 1 is 1.54 bits per heavy atom. The van der Waals surface area contributed by atoms with E-state index in [4.69, 9.17) is 5.73 Å². The van der Waals surface area contributed by atoms with Gasteiger partial charge in [-0.25, -0.2) is 4.79 Å². The van der Waals surface area contributed by atoms with Gasteiger partial charge in [0.25, 0.3) is 0 Å². The number of hydrogen-bond donors (Lipinski definition) is 1. The molecule has 2 N–H and O–H groups in total. The van der Waals surface area contributed by atoms with Crippen LogP contribution in [0.15, 0.2) is 0 Å². The van der Waals surface area contributed by atoms with Crippen molar-refractivity contribution >= 4 is 6.03 Å². The van der Waals surface area contributed by atoms with E-state index >= 15 is 0 Å². The molecule has 74 valence electrons. The molecule has 1 saturated heterocycles. The summed E-state index contributed by atoms with van der Waals surface area (Å²) in [5, 5.41) is 0. The van der Waals surface area contributed by atoms with Crippen LogP contribution in [0.1, 0.15) is 12.8 Å². The molecule has 13 heavy (non-hydrogen) atoms. The van der Waals surface area contributed by atoms with Gasteiger partial charge >= 0.3 is 6.03 Å². The summed E-state index contributed by atoms with van der Waals surface area (Å²) < 4.78 is 0. The van der Waals surface area contributed by atoms with Gasteiger partial charge in [0.15, 0.2) is 0 Å². The Hall–Kier alpha value is -0.770. The molecule has 0 bridgehead atoms. The van der Waals surface area contributed by atoms with Crippen LogP contribution < -0.4 is 5.73 Å². The minimum Gasteiger partial charge on any atom is -0.326 e. The van der Waals surface area contributed by atoms with Crippen LogP contribution in [0.25, 0.3) is 0 Å². The molecule has 2 aliphatic rings. The third-order valence-electron chi connectivity index (χ3n) is 2.96. The Bertz CT molecular complexity index is 215. The summed E-state index contributed by atoms with van der Waals surface area (Å²) in [6, 6.07) is 0.339. The third kappa shape index (κ3) is 1.77. The first-order valence-electron chi connectivity index (χ1n) is 4.94. The van der Waals surface area contributed by atoms with Crippen molar-refractivity contribution in [2.45, 2.75) is 18.9 Å². The van der Waals surface area contributed by atoms with Crippen LogP contribution in [0.4, 0.5) is 4.79 Å². The van der Waals surface area contributed by atoms with E-state index in [9.17, 15) is 4.79 Å². The molecule has 1 atom stereocenters. The first kappa shape index (κ1) is 8.81. The monoisotopic (exact) mass is 183 g/mol. The van der Waals surface area contributed by atoms with Crippen molar-refractivity contribution < 1.29 is 4.79 Å². The van der Waals surface area contributed by atoms with Crippen molar-refractivity contribution in [2.24, 2.45) is 11.7 Å². The third-order valence-corrected chi connectivity index (χ3v) is 2.96. The summed E-state index contributed by atoms with van der Waals surface area (Å²) in [7, 11) is 1.84. The molecule has 0 radical (unpaired) electrons. The van der Waals surface area contributed by atoms with Gasteiger partial charge in [0.2, 0.25) is 0 Å². The molecule has 1 heterocycles. The minimum atomic E-state index is 0.135. The lowest BCUT2D eigenvalue weighted by atomic mass is 10.2. The van der Waals surface area contributed by atoms with E-state index in [0.29, 0.717) is 5.92 Å². The van der Waals surface area contributed by atoms with Gasteiger partial charge in [-0.3, -0.25) is 0 Å². The van der Waals surface area contributed by atoms with Crippen molar-refractivity contribution in [1.29, 1.82) is 0 Å². The number of urea groups is 1. The minimum absolute atomic E-state index is 0.135. The molecular formula is C9H17N3O. The quantitative estimate of drug-likeness (QED) is 0.674. The van der Waals surface area contributed by atoms with Crippen molar-refractivity contribution in [2.75, 3.05) is 26.7 Å². The van der Waals surface area contributed by atoms with E-state index in [1.165, 1.54) is 12.8 Å². The second-order valence-corrected chi connectivity index (χ2v) is 4.15. The number of carbonyl (C=O) groups excluding carboxylic acids is 1. The van der Waals surface area contributed by atoms with E-state index in [1.54, 1.807) is 4.90 Å². The summed E-state index contributed by atoms with van der Waals surface area (Å²) in [4.78, 5) is 15.1. The fourth-order valence-electron chi connectivity index (χ4n) is 1.80. The van der Waals surface area contributed by atoms with E-state index in [0.717, 1.165) is 19.6 Å². The first-order valence-corrected chi connectivity index (χ1v) is 4.94. The molecule has 1 unspecified atom stereocenters. The van der Waals surface area contributed by atoms with Crippen LogP contribution in [0.5, 0.6) is 0 Å². The molecule has 1 aliphatic heterocycles. The molecule has 0 aromatic carbocycles. The molecule has 2 fully saturated rings. The van der Waals surface area contributed by atoms with Gasteiger partial charge in [-0.2, -0.15) is 0 Å². The predicted molar refractivity (Wildman–Crippen MR) is 50.3 cm³/mol. The van der Waals surface area contributed by atoms with Gasteiger partial charge in [0.1, 0.15) is 0 Å². The zero-order valence-corrected chi connectivity index (χ0v) is 8.07. The van der Waals surface area contributed by atoms with Gasteiger partial charge in [0, 0.05) is 32.7 Å². The molecule has 0 spiro atoms. The topological polar surface area (TPSA) is 49.6 Å². The van der Waals surface area contributed by atoms with Gasteiger partial charge in [-0.1, -0.05) is 0 Å². The van der Waals surface area contributed by atoms with Crippen LogP contribution in [-0.2, 0) is 0 Å². The molecule has 0 aromatic heterocycles. The van der Waals surface area contributed by atoms with Crippen LogP contribution in [0.2, 0.25) is 0 Å². The Labute approximate surface area is 78.7 Å². The SMILES string of the molecule is CN1CCN(CC(N)C2CC2)C1=O. The number of carbonyl (C=O) groups is 1. The number of nitrogens with zero attached hydrogens (tertiary/aromatic N) is 2. The Morgan fingerprint density at radius 3 is 2.69 bits per heavy atom. The highest BCUT2D eigenvalue weighted by molar-refractivity contribution is 5.76. The zero-order chi connectivity index (χ0) is 9.42. The Balaban J connectivity index is 1.84. The number of hydrogen-bond acceptors (Lipinski definition) is 2. The van der Waals surface area contributed by atoms with Crippen LogP contribution in [-0.4, -0.2) is 48.6 Å². The highest BCUT2D eigenvalue weighted by atomic mass is 16.2. The van der Waals surface area contributed by atoms with Crippen LogP contribution >= 0.6 is 0 Å². The predicted octanol–water partition coefficient (Wildman–Crippen LogP) is 0.0911. The van der Waals surface area contributed by atoms with Crippen molar-refractivity contribution in [3.63, 3.8) is 0 Å². The lowest BCUT2D eigenvalue weighted by molar-refractivity contribution is 0.195. The zero-order valence-electron chi connectivity index (χ0n) is 8.07. The normalized spacial score (nSPS) is 25.5. The Morgan fingerprint density at radius 2 is 2.23 bits per heavy atom. The first-order chi connectivity index (χ1) is 6.18. The van der Waals surface area contributed by atoms with E-state index in [1.807, 2.05) is 11.9 Å². The molecule has 1 aliphatic carbocycles. The molecule has 0 aromatic rings. The van der Waals surface area contributed by atoms with Gasteiger partial charge in [-0.15, -0.1) is 0 Å². The second-order valence-electron chi connectivity index (χ2n) is 4.15. The average molecular weight is 183 g/mol. The summed E-state index contributed by atoms with van der Waals surface area (Å²) in [5.41, 5.74) is 5.95. The molecular weight excluding hydrogens is 166 g/mol. The van der Waals surface area contributed by atoms with E-state index < -0.39 is 0 Å². The maximum absolute atomic E-state index is 11.5. The summed E-state index contributed by atoms with van der Waals surface area (Å²) in [6.45, 7) is 2.43. The lowest BCUT2D eigenvalue weighted by Gasteiger charge is -2.20. The maximum Gasteiger partial charge on any atom is 0.319 e. The lowest BCUT2D eigenvalue weighted by Crippen LogP contribution is -2.40.